The maximum Gasteiger partial charge on any atom is 0.0912 e. The van der Waals surface area contributed by atoms with Crippen LogP contribution in [0.15, 0.2) is 24.3 Å². The van der Waals surface area contributed by atoms with Crippen LogP contribution < -0.4 is 0 Å². The van der Waals surface area contributed by atoms with Gasteiger partial charge in [-0.15, -0.1) is 11.6 Å². The van der Waals surface area contributed by atoms with Crippen molar-refractivity contribution in [1.29, 1.82) is 5.26 Å². The number of halogens is 1. The molecule has 16 heavy (non-hydrogen) atoms. The molecule has 1 aromatic rings. The van der Waals surface area contributed by atoms with E-state index in [1.807, 2.05) is 43.4 Å². The summed E-state index contributed by atoms with van der Waals surface area (Å²) >= 11 is 5.74. The quantitative estimate of drug-likeness (QED) is 0.694. The Balaban J connectivity index is 2.50. The summed E-state index contributed by atoms with van der Waals surface area (Å²) in [5.41, 5.74) is 2.18. The average molecular weight is 231 g/mol. The molecule has 1 heterocycles. The molecule has 0 spiro atoms. The molecule has 0 fully saturated rings. The van der Waals surface area contributed by atoms with E-state index in [1.54, 1.807) is 0 Å². The second-order valence-corrected chi connectivity index (χ2v) is 4.24. The molecule has 2 rings (SSSR count). The molecular formula is C13H11ClN2. The van der Waals surface area contributed by atoms with Crippen LogP contribution in [0.4, 0.5) is 0 Å². The third-order valence-corrected chi connectivity index (χ3v) is 2.86. The van der Waals surface area contributed by atoms with Gasteiger partial charge < -0.3 is 0 Å². The highest BCUT2D eigenvalue weighted by molar-refractivity contribution is 6.16. The number of rotatable bonds is 1. The van der Waals surface area contributed by atoms with E-state index in [0.29, 0.717) is 5.88 Å². The number of allylic oxidation sites excluding steroid dienone is 2. The van der Waals surface area contributed by atoms with Crippen LogP contribution >= 0.6 is 11.6 Å². The number of nitrogens with zero attached hydrogens (tertiary/aromatic N) is 2. The van der Waals surface area contributed by atoms with Crippen LogP contribution in [0.5, 0.6) is 0 Å². The summed E-state index contributed by atoms with van der Waals surface area (Å²) in [5.74, 6) is 0.403. The van der Waals surface area contributed by atoms with Gasteiger partial charge in [0.25, 0.3) is 0 Å². The van der Waals surface area contributed by atoms with E-state index in [0.717, 1.165) is 17.0 Å². The van der Waals surface area contributed by atoms with Crippen molar-refractivity contribution in [2.75, 3.05) is 0 Å². The fourth-order valence-electron chi connectivity index (χ4n) is 1.52. The normalized spacial score (nSPS) is 22.3. The minimum Gasteiger partial charge on any atom is -0.252 e. The molecule has 0 radical (unpaired) electrons. The van der Waals surface area contributed by atoms with E-state index in [-0.39, 0.29) is 0 Å². The van der Waals surface area contributed by atoms with E-state index >= 15 is 0 Å². The Hall–Kier alpha value is -1.59. The van der Waals surface area contributed by atoms with Crippen LogP contribution in [-0.4, -0.2) is 4.98 Å². The monoisotopic (exact) mass is 230 g/mol. The molecule has 1 aliphatic rings. The maximum atomic E-state index is 9.06. The molecule has 0 bridgehead atoms. The molecule has 1 atom stereocenters. The summed E-state index contributed by atoms with van der Waals surface area (Å²) in [6.45, 7) is 1.87. The highest BCUT2D eigenvalue weighted by Crippen LogP contribution is 2.27. The Morgan fingerprint density at radius 2 is 2.12 bits per heavy atom. The molecule has 0 amide bonds. The predicted octanol–water partition coefficient (Wildman–Crippen LogP) is 3.39. The summed E-state index contributed by atoms with van der Waals surface area (Å²) < 4.78 is 0. The van der Waals surface area contributed by atoms with Gasteiger partial charge in [-0.3, -0.25) is 4.98 Å². The van der Waals surface area contributed by atoms with Crippen LogP contribution in [0.3, 0.4) is 0 Å². The molecule has 0 N–H and O–H groups in total. The zero-order valence-corrected chi connectivity index (χ0v) is 9.70. The second kappa shape index (κ2) is 4.11. The van der Waals surface area contributed by atoms with Crippen molar-refractivity contribution < 1.29 is 0 Å². The Labute approximate surface area is 99.9 Å². The summed E-state index contributed by atoms with van der Waals surface area (Å²) in [6, 6.07) is 6.13. The summed E-state index contributed by atoms with van der Waals surface area (Å²) in [5, 5.41) is 9.06. The third-order valence-electron chi connectivity index (χ3n) is 2.59. The van der Waals surface area contributed by atoms with Gasteiger partial charge in [0, 0.05) is 0 Å². The minimum absolute atomic E-state index is 0.403. The molecule has 2 nitrogen and oxygen atoms in total. The average Bonchev–Trinajstić information content (AvgIpc) is 2.50. The second-order valence-electron chi connectivity index (χ2n) is 3.97. The van der Waals surface area contributed by atoms with Gasteiger partial charge in [-0.25, -0.2) is 0 Å². The highest BCUT2D eigenvalue weighted by Gasteiger charge is 2.18. The van der Waals surface area contributed by atoms with Crippen LogP contribution in [0, 0.1) is 16.7 Å². The number of alkyl halides is 1. The van der Waals surface area contributed by atoms with Crippen molar-refractivity contribution in [3.8, 4) is 6.07 Å². The van der Waals surface area contributed by atoms with Gasteiger partial charge in [0.2, 0.25) is 0 Å². The number of aromatic nitrogens is 1. The Kier molecular flexibility index (Phi) is 2.80. The van der Waals surface area contributed by atoms with Crippen LogP contribution in [0.2, 0.25) is 0 Å². The lowest BCUT2D eigenvalue weighted by atomic mass is 9.92. The number of hydrogen-bond acceptors (Lipinski definition) is 2. The summed E-state index contributed by atoms with van der Waals surface area (Å²) in [7, 11) is 0. The van der Waals surface area contributed by atoms with Gasteiger partial charge in [0.15, 0.2) is 0 Å². The SMILES string of the molecule is CC1(C#N)C=Cc2ccc(CCl)nc2C=C1. The summed E-state index contributed by atoms with van der Waals surface area (Å²) in [6.07, 6.45) is 7.57. The molecular weight excluding hydrogens is 220 g/mol. The Morgan fingerprint density at radius 3 is 2.81 bits per heavy atom. The van der Waals surface area contributed by atoms with Gasteiger partial charge in [0.1, 0.15) is 0 Å². The molecule has 0 saturated carbocycles. The van der Waals surface area contributed by atoms with Gasteiger partial charge in [0.05, 0.1) is 28.8 Å². The van der Waals surface area contributed by atoms with E-state index in [9.17, 15) is 0 Å². The zero-order chi connectivity index (χ0) is 11.6. The van der Waals surface area contributed by atoms with Gasteiger partial charge in [-0.2, -0.15) is 5.26 Å². The van der Waals surface area contributed by atoms with Crippen LogP contribution in [-0.2, 0) is 5.88 Å². The Bertz CT molecular complexity index is 511. The van der Waals surface area contributed by atoms with Crippen molar-refractivity contribution in [2.24, 2.45) is 5.41 Å². The zero-order valence-electron chi connectivity index (χ0n) is 8.94. The lowest BCUT2D eigenvalue weighted by Crippen LogP contribution is -2.03. The molecule has 0 saturated heterocycles. The van der Waals surface area contributed by atoms with Crippen molar-refractivity contribution in [2.45, 2.75) is 12.8 Å². The molecule has 0 aliphatic heterocycles. The smallest absolute Gasteiger partial charge is 0.0912 e. The van der Waals surface area contributed by atoms with Gasteiger partial charge in [-0.1, -0.05) is 24.3 Å². The molecule has 0 aromatic carbocycles. The molecule has 80 valence electrons. The van der Waals surface area contributed by atoms with E-state index in [1.165, 1.54) is 0 Å². The standard InChI is InChI=1S/C13H11ClN2/c1-13(9-15)6-4-10-2-3-11(8-14)16-12(10)5-7-13/h2-7H,8H2,1H3. The topological polar surface area (TPSA) is 36.7 Å². The van der Waals surface area contributed by atoms with E-state index in [2.05, 4.69) is 11.1 Å². The van der Waals surface area contributed by atoms with Crippen molar-refractivity contribution in [3.63, 3.8) is 0 Å². The van der Waals surface area contributed by atoms with Crippen molar-refractivity contribution >= 4 is 23.8 Å². The number of fused-ring (bicyclic) bond motifs is 1. The first-order valence-corrected chi connectivity index (χ1v) is 5.56. The highest BCUT2D eigenvalue weighted by atomic mass is 35.5. The molecule has 1 unspecified atom stereocenters. The van der Waals surface area contributed by atoms with E-state index < -0.39 is 5.41 Å². The first-order chi connectivity index (χ1) is 7.67. The lowest BCUT2D eigenvalue weighted by Gasteiger charge is -2.07. The third kappa shape index (κ3) is 2.00. The fourth-order valence-corrected chi connectivity index (χ4v) is 1.67. The number of hydrogen-bond donors (Lipinski definition) is 0. The summed E-state index contributed by atoms with van der Waals surface area (Å²) in [4.78, 5) is 4.41. The fraction of sp³-hybridized carbons (Fsp3) is 0.231. The molecule has 3 heteroatoms. The van der Waals surface area contributed by atoms with Gasteiger partial charge >= 0.3 is 0 Å². The minimum atomic E-state index is -0.554. The van der Waals surface area contributed by atoms with Crippen LogP contribution in [0.25, 0.3) is 12.2 Å². The number of pyridine rings is 1. The first-order valence-electron chi connectivity index (χ1n) is 5.02. The first kappa shape index (κ1) is 10.9. The predicted molar refractivity (Wildman–Crippen MR) is 65.6 cm³/mol. The Morgan fingerprint density at radius 1 is 1.38 bits per heavy atom. The van der Waals surface area contributed by atoms with E-state index in [4.69, 9.17) is 16.9 Å². The molecule has 1 aromatic heterocycles. The molecule has 1 aliphatic carbocycles. The van der Waals surface area contributed by atoms with Gasteiger partial charge in [-0.05, 0) is 24.6 Å². The number of nitriles is 1. The largest absolute Gasteiger partial charge is 0.252 e. The maximum absolute atomic E-state index is 9.06. The van der Waals surface area contributed by atoms with Crippen molar-refractivity contribution in [1.82, 2.24) is 4.98 Å². The lowest BCUT2D eigenvalue weighted by molar-refractivity contribution is 0.745. The van der Waals surface area contributed by atoms with Crippen LogP contribution in [0.1, 0.15) is 23.9 Å². The van der Waals surface area contributed by atoms with Crippen molar-refractivity contribution in [3.05, 3.63) is 41.2 Å².